The highest BCUT2D eigenvalue weighted by molar-refractivity contribution is 6.22. The van der Waals surface area contributed by atoms with Crippen molar-refractivity contribution in [3.63, 3.8) is 0 Å². The lowest BCUT2D eigenvalue weighted by Crippen LogP contribution is -2.48. The normalized spacial score (nSPS) is 22.8. The number of hydrogen-bond acceptors (Lipinski definition) is 4. The molecule has 27 heavy (non-hydrogen) atoms. The summed E-state index contributed by atoms with van der Waals surface area (Å²) in [4.78, 5) is 49.9. The fourth-order valence-corrected chi connectivity index (χ4v) is 3.90. The minimum absolute atomic E-state index is 0.299. The van der Waals surface area contributed by atoms with Gasteiger partial charge in [-0.15, -0.1) is 0 Å². The van der Waals surface area contributed by atoms with Crippen LogP contribution in [0.5, 0.6) is 0 Å². The van der Waals surface area contributed by atoms with Gasteiger partial charge in [-0.05, 0) is 31.9 Å². The highest BCUT2D eigenvalue weighted by Crippen LogP contribution is 2.25. The molecule has 7 heteroatoms. The first kappa shape index (κ1) is 19.1. The van der Waals surface area contributed by atoms with Crippen LogP contribution in [0.25, 0.3) is 0 Å². The summed E-state index contributed by atoms with van der Waals surface area (Å²) in [6.45, 7) is 1.43. The maximum atomic E-state index is 12.5. The van der Waals surface area contributed by atoms with Crippen molar-refractivity contribution in [3.05, 3.63) is 34.9 Å². The Morgan fingerprint density at radius 3 is 2.44 bits per heavy atom. The standard InChI is InChI=1S/C20H24N2O5/c1-12-8-9-13-15(10-12)19(25)22(18(13)24)11-17(23)21-16-7-5-3-2-4-6-14(16)20(26)27/h8-10,14,16H,2-7,11H2,1H3,(H,21,23)(H,26,27). The minimum atomic E-state index is -0.918. The number of nitrogens with one attached hydrogen (secondary N) is 1. The molecular formula is C20H24N2O5. The number of aryl methyl sites for hydroxylation is 1. The van der Waals surface area contributed by atoms with E-state index < -0.39 is 42.2 Å². The number of rotatable bonds is 4. The Morgan fingerprint density at radius 1 is 1.07 bits per heavy atom. The molecule has 2 N–H and O–H groups in total. The molecule has 2 aliphatic rings. The van der Waals surface area contributed by atoms with E-state index in [9.17, 15) is 24.3 Å². The van der Waals surface area contributed by atoms with Gasteiger partial charge in [0.2, 0.25) is 5.91 Å². The monoisotopic (exact) mass is 372 g/mol. The van der Waals surface area contributed by atoms with Crippen LogP contribution in [0, 0.1) is 12.8 Å². The number of imide groups is 1. The zero-order chi connectivity index (χ0) is 19.6. The number of benzene rings is 1. The van der Waals surface area contributed by atoms with E-state index in [1.807, 2.05) is 6.92 Å². The summed E-state index contributed by atoms with van der Waals surface area (Å²) < 4.78 is 0. The lowest BCUT2D eigenvalue weighted by atomic mass is 9.87. The molecule has 1 aliphatic heterocycles. The SMILES string of the molecule is Cc1ccc2c(c1)C(=O)N(CC(=O)NC1CCCCCCC1C(=O)O)C2=O. The molecular weight excluding hydrogens is 348 g/mol. The molecule has 1 heterocycles. The number of carboxylic acid groups (broad SMARTS) is 1. The fraction of sp³-hybridized carbons (Fsp3) is 0.500. The van der Waals surface area contributed by atoms with Gasteiger partial charge in [0, 0.05) is 6.04 Å². The lowest BCUT2D eigenvalue weighted by molar-refractivity contribution is -0.143. The van der Waals surface area contributed by atoms with Crippen LogP contribution in [-0.2, 0) is 9.59 Å². The molecule has 1 saturated carbocycles. The summed E-state index contributed by atoms with van der Waals surface area (Å²) in [6, 6.07) is 4.51. The molecule has 144 valence electrons. The second-order valence-electron chi connectivity index (χ2n) is 7.36. The van der Waals surface area contributed by atoms with Gasteiger partial charge in [0.1, 0.15) is 6.54 Å². The predicted octanol–water partition coefficient (Wildman–Crippen LogP) is 2.13. The van der Waals surface area contributed by atoms with E-state index >= 15 is 0 Å². The summed E-state index contributed by atoms with van der Waals surface area (Å²) in [5, 5.41) is 12.2. The van der Waals surface area contributed by atoms with Crippen molar-refractivity contribution < 1.29 is 24.3 Å². The maximum Gasteiger partial charge on any atom is 0.308 e. The van der Waals surface area contributed by atoms with Crippen molar-refractivity contribution in [2.45, 2.75) is 51.5 Å². The number of carboxylic acids is 1. The Labute approximate surface area is 157 Å². The van der Waals surface area contributed by atoms with E-state index in [1.165, 1.54) is 0 Å². The number of nitrogens with zero attached hydrogens (tertiary/aromatic N) is 1. The predicted molar refractivity (Wildman–Crippen MR) is 97.3 cm³/mol. The molecule has 0 radical (unpaired) electrons. The molecule has 7 nitrogen and oxygen atoms in total. The molecule has 1 aromatic rings. The molecule has 1 aliphatic carbocycles. The van der Waals surface area contributed by atoms with Crippen LogP contribution in [0.2, 0.25) is 0 Å². The van der Waals surface area contributed by atoms with Crippen LogP contribution < -0.4 is 5.32 Å². The Kier molecular flexibility index (Phi) is 5.58. The topological polar surface area (TPSA) is 104 Å². The van der Waals surface area contributed by atoms with E-state index in [0.29, 0.717) is 24.0 Å². The van der Waals surface area contributed by atoms with Crippen LogP contribution in [0.1, 0.15) is 64.8 Å². The average Bonchev–Trinajstić information content (AvgIpc) is 2.81. The van der Waals surface area contributed by atoms with Gasteiger partial charge in [-0.25, -0.2) is 0 Å². The molecule has 1 fully saturated rings. The molecule has 3 rings (SSSR count). The molecule has 1 aromatic carbocycles. The summed E-state index contributed by atoms with van der Waals surface area (Å²) in [7, 11) is 0. The van der Waals surface area contributed by atoms with Crippen LogP contribution in [0.4, 0.5) is 0 Å². The zero-order valence-corrected chi connectivity index (χ0v) is 15.4. The number of carbonyl (C=O) groups excluding carboxylic acids is 3. The summed E-state index contributed by atoms with van der Waals surface area (Å²) in [5.74, 6) is -3.03. The van der Waals surface area contributed by atoms with Crippen molar-refractivity contribution in [1.82, 2.24) is 10.2 Å². The van der Waals surface area contributed by atoms with Gasteiger partial charge in [0.05, 0.1) is 17.0 Å². The third-order valence-electron chi connectivity index (χ3n) is 5.36. The first-order valence-corrected chi connectivity index (χ1v) is 9.37. The van der Waals surface area contributed by atoms with Crippen LogP contribution in [0.3, 0.4) is 0 Å². The zero-order valence-electron chi connectivity index (χ0n) is 15.4. The molecule has 0 saturated heterocycles. The van der Waals surface area contributed by atoms with E-state index in [4.69, 9.17) is 0 Å². The highest BCUT2D eigenvalue weighted by Gasteiger charge is 2.37. The quantitative estimate of drug-likeness (QED) is 0.788. The highest BCUT2D eigenvalue weighted by atomic mass is 16.4. The van der Waals surface area contributed by atoms with Crippen molar-refractivity contribution in [2.75, 3.05) is 6.54 Å². The first-order chi connectivity index (χ1) is 12.9. The smallest absolute Gasteiger partial charge is 0.308 e. The van der Waals surface area contributed by atoms with Gasteiger partial charge >= 0.3 is 5.97 Å². The second-order valence-corrected chi connectivity index (χ2v) is 7.36. The van der Waals surface area contributed by atoms with Gasteiger partial charge in [0.15, 0.2) is 0 Å². The molecule has 0 spiro atoms. The average molecular weight is 372 g/mol. The lowest BCUT2D eigenvalue weighted by Gasteiger charge is -2.27. The van der Waals surface area contributed by atoms with Gasteiger partial charge in [-0.3, -0.25) is 24.1 Å². The van der Waals surface area contributed by atoms with Gasteiger partial charge < -0.3 is 10.4 Å². The van der Waals surface area contributed by atoms with Crippen LogP contribution in [-0.4, -0.2) is 46.3 Å². The van der Waals surface area contributed by atoms with Crippen molar-refractivity contribution in [1.29, 1.82) is 0 Å². The minimum Gasteiger partial charge on any atom is -0.481 e. The number of aliphatic carboxylic acids is 1. The Bertz CT molecular complexity index is 789. The number of hydrogen-bond donors (Lipinski definition) is 2. The van der Waals surface area contributed by atoms with Crippen molar-refractivity contribution >= 4 is 23.7 Å². The molecule has 2 atom stereocenters. The maximum absolute atomic E-state index is 12.5. The fourth-order valence-electron chi connectivity index (χ4n) is 3.90. The third kappa shape index (κ3) is 4.02. The Hall–Kier alpha value is -2.70. The third-order valence-corrected chi connectivity index (χ3v) is 5.36. The molecule has 2 unspecified atom stereocenters. The summed E-state index contributed by atoms with van der Waals surface area (Å²) >= 11 is 0. The summed E-state index contributed by atoms with van der Waals surface area (Å²) in [6.07, 6.45) is 4.79. The van der Waals surface area contributed by atoms with E-state index in [0.717, 1.165) is 36.1 Å². The number of carbonyl (C=O) groups is 4. The molecule has 0 bridgehead atoms. The largest absolute Gasteiger partial charge is 0.481 e. The Balaban J connectivity index is 1.69. The molecule has 3 amide bonds. The summed E-state index contributed by atoms with van der Waals surface area (Å²) in [5.41, 5.74) is 1.47. The van der Waals surface area contributed by atoms with E-state index in [2.05, 4.69) is 5.32 Å². The van der Waals surface area contributed by atoms with Crippen molar-refractivity contribution in [3.8, 4) is 0 Å². The Morgan fingerprint density at radius 2 is 1.74 bits per heavy atom. The number of amides is 3. The van der Waals surface area contributed by atoms with Crippen molar-refractivity contribution in [2.24, 2.45) is 5.92 Å². The van der Waals surface area contributed by atoms with Gasteiger partial charge in [0.25, 0.3) is 11.8 Å². The van der Waals surface area contributed by atoms with E-state index in [-0.39, 0.29) is 0 Å². The first-order valence-electron chi connectivity index (χ1n) is 9.37. The molecule has 0 aromatic heterocycles. The number of fused-ring (bicyclic) bond motifs is 1. The van der Waals surface area contributed by atoms with Crippen LogP contribution in [0.15, 0.2) is 18.2 Å². The van der Waals surface area contributed by atoms with Gasteiger partial charge in [-0.2, -0.15) is 0 Å². The second kappa shape index (κ2) is 7.90. The van der Waals surface area contributed by atoms with Crippen LogP contribution >= 0.6 is 0 Å². The van der Waals surface area contributed by atoms with E-state index in [1.54, 1.807) is 18.2 Å². The van der Waals surface area contributed by atoms with Gasteiger partial charge in [-0.1, -0.05) is 37.3 Å².